The summed E-state index contributed by atoms with van der Waals surface area (Å²) in [5.74, 6) is 0. The molecule has 1 amide bonds. The molecular weight excluding hydrogens is 359 g/mol. The van der Waals surface area contributed by atoms with Crippen molar-refractivity contribution in [1.82, 2.24) is 0 Å². The number of hydrazone groups is 1. The Morgan fingerprint density at radius 2 is 1.84 bits per heavy atom. The number of nitrogens with two attached hydrogens (primary N) is 1. The molecule has 1 aliphatic heterocycles. The molecule has 0 aliphatic carbocycles. The molecule has 0 radical (unpaired) electrons. The van der Waals surface area contributed by atoms with Crippen LogP contribution in [0.3, 0.4) is 0 Å². The Kier molecular flexibility index (Phi) is 4.30. The van der Waals surface area contributed by atoms with Crippen LogP contribution >= 0.6 is 11.6 Å². The zero-order valence-electron chi connectivity index (χ0n) is 12.5. The second-order valence-electron chi connectivity index (χ2n) is 5.11. The van der Waals surface area contributed by atoms with Crippen molar-refractivity contribution in [1.29, 1.82) is 0 Å². The molecule has 1 heterocycles. The number of amides is 1. The minimum absolute atomic E-state index is 0.0514. The van der Waals surface area contributed by atoms with Gasteiger partial charge in [-0.15, -0.1) is 0 Å². The molecule has 2 N–H and O–H groups in total. The van der Waals surface area contributed by atoms with Crippen LogP contribution in [0, 0.1) is 0 Å². The third-order valence-electron chi connectivity index (χ3n) is 3.54. The number of hydrogen-bond acceptors (Lipinski definition) is 4. The summed E-state index contributed by atoms with van der Waals surface area (Å²) in [7, 11) is 0. The normalized spacial score (nSPS) is 14.6. The van der Waals surface area contributed by atoms with Gasteiger partial charge in [0.2, 0.25) is 0 Å². The minimum Gasteiger partial charge on any atom is -0.442 e. The van der Waals surface area contributed by atoms with E-state index in [9.17, 15) is 18.0 Å². The molecule has 1 aliphatic rings. The predicted molar refractivity (Wildman–Crippen MR) is 88.6 cm³/mol. The van der Waals surface area contributed by atoms with Gasteiger partial charge in [0.25, 0.3) is 0 Å². The van der Waals surface area contributed by atoms with Crippen molar-refractivity contribution < 1.29 is 22.7 Å². The van der Waals surface area contributed by atoms with Gasteiger partial charge < -0.3 is 10.5 Å². The van der Waals surface area contributed by atoms with Crippen molar-refractivity contribution >= 4 is 35.3 Å². The van der Waals surface area contributed by atoms with Crippen molar-refractivity contribution in [2.75, 3.05) is 17.3 Å². The van der Waals surface area contributed by atoms with Crippen molar-refractivity contribution in [3.05, 3.63) is 47.0 Å². The second-order valence-corrected chi connectivity index (χ2v) is 5.55. The average Bonchev–Trinajstić information content (AvgIpc) is 2.55. The van der Waals surface area contributed by atoms with Gasteiger partial charge >= 0.3 is 12.3 Å². The average molecular weight is 370 g/mol. The first kappa shape index (κ1) is 17.1. The number of carbonyl (C=O) groups is 1. The standard InChI is InChI=1S/C16H11ClF3N3O2/c17-10-3-1-9(2-4-10)11-5-6-12(14(21)13(11)16(18,19)20)23-15(24)25-8-7-22-23/h1-7H,8,21H2. The third-order valence-corrected chi connectivity index (χ3v) is 3.79. The molecule has 0 fully saturated rings. The molecule has 25 heavy (non-hydrogen) atoms. The summed E-state index contributed by atoms with van der Waals surface area (Å²) >= 11 is 5.78. The van der Waals surface area contributed by atoms with E-state index in [2.05, 4.69) is 5.10 Å². The van der Waals surface area contributed by atoms with Crippen molar-refractivity contribution in [2.45, 2.75) is 6.18 Å². The number of carbonyl (C=O) groups excluding carboxylic acids is 1. The lowest BCUT2D eigenvalue weighted by Crippen LogP contribution is -2.32. The molecule has 0 unspecified atom stereocenters. The Labute approximate surface area is 145 Å². The van der Waals surface area contributed by atoms with Gasteiger partial charge in [-0.3, -0.25) is 0 Å². The monoisotopic (exact) mass is 369 g/mol. The number of ether oxygens (including phenoxy) is 1. The molecule has 2 aromatic rings. The number of nitrogens with zero attached hydrogens (tertiary/aromatic N) is 2. The highest BCUT2D eigenvalue weighted by atomic mass is 35.5. The van der Waals surface area contributed by atoms with Crippen LogP contribution in [-0.2, 0) is 10.9 Å². The van der Waals surface area contributed by atoms with Gasteiger partial charge in [0.05, 0.1) is 23.2 Å². The lowest BCUT2D eigenvalue weighted by Gasteiger charge is -2.24. The van der Waals surface area contributed by atoms with Crippen LogP contribution in [0.15, 0.2) is 41.5 Å². The van der Waals surface area contributed by atoms with E-state index in [0.29, 0.717) is 15.6 Å². The Morgan fingerprint density at radius 1 is 1.16 bits per heavy atom. The number of anilines is 2. The van der Waals surface area contributed by atoms with E-state index in [1.54, 1.807) is 0 Å². The molecule has 9 heteroatoms. The van der Waals surface area contributed by atoms with E-state index in [1.807, 2.05) is 0 Å². The number of rotatable bonds is 2. The fraction of sp³-hybridized carbons (Fsp3) is 0.125. The van der Waals surface area contributed by atoms with Gasteiger partial charge in [-0.1, -0.05) is 29.8 Å². The molecular formula is C16H11ClF3N3O2. The van der Waals surface area contributed by atoms with E-state index in [1.165, 1.54) is 42.6 Å². The molecule has 3 rings (SSSR count). The highest BCUT2D eigenvalue weighted by molar-refractivity contribution is 6.30. The fourth-order valence-corrected chi connectivity index (χ4v) is 2.59. The number of nitrogen functional groups attached to an aromatic ring is 1. The van der Waals surface area contributed by atoms with Gasteiger partial charge in [-0.05, 0) is 29.3 Å². The number of cyclic esters (lactones) is 1. The maximum absolute atomic E-state index is 13.6. The van der Waals surface area contributed by atoms with Gasteiger partial charge in [-0.2, -0.15) is 23.3 Å². The van der Waals surface area contributed by atoms with Gasteiger partial charge in [0.1, 0.15) is 6.61 Å². The van der Waals surface area contributed by atoms with Crippen molar-refractivity contribution in [2.24, 2.45) is 5.10 Å². The number of alkyl halides is 3. The largest absolute Gasteiger partial charge is 0.442 e. The van der Waals surface area contributed by atoms with E-state index < -0.39 is 23.5 Å². The van der Waals surface area contributed by atoms with Crippen molar-refractivity contribution in [3.8, 4) is 11.1 Å². The highest BCUT2D eigenvalue weighted by Crippen LogP contribution is 2.45. The Balaban J connectivity index is 2.20. The first-order valence-corrected chi connectivity index (χ1v) is 7.42. The second kappa shape index (κ2) is 6.29. The summed E-state index contributed by atoms with van der Waals surface area (Å²) in [4.78, 5) is 11.7. The van der Waals surface area contributed by atoms with Crippen LogP contribution in [0.4, 0.5) is 29.3 Å². The maximum Gasteiger partial charge on any atom is 0.435 e. The molecule has 0 saturated heterocycles. The number of hydrogen-bond donors (Lipinski definition) is 1. The van der Waals surface area contributed by atoms with E-state index in [-0.39, 0.29) is 17.9 Å². The smallest absolute Gasteiger partial charge is 0.435 e. The minimum atomic E-state index is -4.74. The summed E-state index contributed by atoms with van der Waals surface area (Å²) in [6, 6.07) is 8.40. The first-order valence-electron chi connectivity index (χ1n) is 7.04. The van der Waals surface area contributed by atoms with Crippen LogP contribution in [0.25, 0.3) is 11.1 Å². The third kappa shape index (κ3) is 3.25. The summed E-state index contributed by atoms with van der Waals surface area (Å²) in [5.41, 5.74) is 4.05. The molecule has 0 spiro atoms. The molecule has 0 saturated carbocycles. The number of halogens is 4. The van der Waals surface area contributed by atoms with Crippen LogP contribution < -0.4 is 10.7 Å². The number of benzene rings is 2. The zero-order chi connectivity index (χ0) is 18.2. The predicted octanol–water partition coefficient (Wildman–Crippen LogP) is 4.55. The Morgan fingerprint density at radius 3 is 2.44 bits per heavy atom. The van der Waals surface area contributed by atoms with Crippen LogP contribution in [-0.4, -0.2) is 18.9 Å². The molecule has 0 aromatic heterocycles. The topological polar surface area (TPSA) is 67.9 Å². The molecule has 0 bridgehead atoms. The summed E-state index contributed by atoms with van der Waals surface area (Å²) in [6.07, 6.45) is -4.39. The summed E-state index contributed by atoms with van der Waals surface area (Å²) in [6.45, 7) is -0.0514. The lowest BCUT2D eigenvalue weighted by atomic mass is 9.96. The van der Waals surface area contributed by atoms with Crippen LogP contribution in [0.2, 0.25) is 5.02 Å². The summed E-state index contributed by atoms with van der Waals surface area (Å²) in [5, 5.41) is 4.84. The molecule has 2 aromatic carbocycles. The van der Waals surface area contributed by atoms with Gasteiger partial charge in [-0.25, -0.2) is 4.79 Å². The lowest BCUT2D eigenvalue weighted by molar-refractivity contribution is -0.136. The molecule has 5 nitrogen and oxygen atoms in total. The van der Waals surface area contributed by atoms with Crippen LogP contribution in [0.5, 0.6) is 0 Å². The van der Waals surface area contributed by atoms with Gasteiger partial charge in [0.15, 0.2) is 0 Å². The SMILES string of the molecule is Nc1c(N2N=CCOC2=O)ccc(-c2ccc(Cl)cc2)c1C(F)(F)F. The zero-order valence-corrected chi connectivity index (χ0v) is 13.3. The van der Waals surface area contributed by atoms with E-state index >= 15 is 0 Å². The highest BCUT2D eigenvalue weighted by Gasteiger charge is 2.38. The quantitative estimate of drug-likeness (QED) is 0.789. The van der Waals surface area contributed by atoms with Gasteiger partial charge in [0, 0.05) is 5.02 Å². The van der Waals surface area contributed by atoms with E-state index in [4.69, 9.17) is 22.1 Å². The molecule has 0 atom stereocenters. The Bertz CT molecular complexity index is 851. The van der Waals surface area contributed by atoms with Crippen LogP contribution in [0.1, 0.15) is 5.56 Å². The fourth-order valence-electron chi connectivity index (χ4n) is 2.46. The Hall–Kier alpha value is -2.74. The van der Waals surface area contributed by atoms with E-state index in [0.717, 1.165) is 0 Å². The maximum atomic E-state index is 13.6. The molecule has 130 valence electrons. The van der Waals surface area contributed by atoms with Crippen molar-refractivity contribution in [3.63, 3.8) is 0 Å². The first-order chi connectivity index (χ1) is 11.8. The summed E-state index contributed by atoms with van der Waals surface area (Å²) < 4.78 is 45.7.